The van der Waals surface area contributed by atoms with Crippen LogP contribution in [-0.4, -0.2) is 10.9 Å². The first-order chi connectivity index (χ1) is 10.2. The first kappa shape index (κ1) is 12.5. The molecular formula is C18H18N2O. The van der Waals surface area contributed by atoms with Gasteiger partial charge in [-0.1, -0.05) is 18.2 Å². The number of H-pyrrole nitrogens is 1. The monoisotopic (exact) mass is 278 g/mol. The quantitative estimate of drug-likeness (QED) is 0.768. The Labute approximate surface area is 124 Å². The molecule has 1 aliphatic heterocycles. The minimum Gasteiger partial charge on any atom is -0.358 e. The Balaban J connectivity index is 1.82. The summed E-state index contributed by atoms with van der Waals surface area (Å²) in [7, 11) is 0. The van der Waals surface area contributed by atoms with E-state index < -0.39 is 0 Å². The molecule has 1 aromatic carbocycles. The molecule has 0 saturated heterocycles. The maximum Gasteiger partial charge on any atom is 0.256 e. The largest absolute Gasteiger partial charge is 0.358 e. The van der Waals surface area contributed by atoms with Gasteiger partial charge in [0.1, 0.15) is 0 Å². The van der Waals surface area contributed by atoms with Crippen molar-refractivity contribution in [1.82, 2.24) is 4.98 Å². The first-order valence-corrected chi connectivity index (χ1v) is 7.57. The van der Waals surface area contributed by atoms with Gasteiger partial charge >= 0.3 is 0 Å². The van der Waals surface area contributed by atoms with Gasteiger partial charge in [0.05, 0.1) is 5.57 Å². The lowest BCUT2D eigenvalue weighted by Gasteiger charge is -2.10. The van der Waals surface area contributed by atoms with Gasteiger partial charge in [0.25, 0.3) is 5.91 Å². The highest BCUT2D eigenvalue weighted by Gasteiger charge is 2.24. The van der Waals surface area contributed by atoms with Crippen LogP contribution in [0.1, 0.15) is 40.9 Å². The van der Waals surface area contributed by atoms with E-state index in [2.05, 4.69) is 17.2 Å². The summed E-state index contributed by atoms with van der Waals surface area (Å²) in [5.74, 6) is -0.0110. The number of carbonyl (C=O) groups excluding carboxylic acids is 1. The van der Waals surface area contributed by atoms with Crippen molar-refractivity contribution in [2.24, 2.45) is 0 Å². The fourth-order valence-electron chi connectivity index (χ4n) is 3.45. The lowest BCUT2D eigenvalue weighted by atomic mass is 9.95. The van der Waals surface area contributed by atoms with Crippen molar-refractivity contribution >= 4 is 23.2 Å². The molecule has 3 heteroatoms. The molecule has 0 bridgehead atoms. The molecule has 1 aromatic heterocycles. The maximum absolute atomic E-state index is 12.2. The summed E-state index contributed by atoms with van der Waals surface area (Å²) in [5.41, 5.74) is 7.86. The Hall–Kier alpha value is -2.29. The fourth-order valence-corrected chi connectivity index (χ4v) is 3.45. The van der Waals surface area contributed by atoms with Crippen LogP contribution >= 0.6 is 0 Å². The van der Waals surface area contributed by atoms with E-state index in [9.17, 15) is 4.79 Å². The zero-order chi connectivity index (χ0) is 14.4. The molecule has 1 aliphatic carbocycles. The van der Waals surface area contributed by atoms with Crippen molar-refractivity contribution < 1.29 is 4.79 Å². The summed E-state index contributed by atoms with van der Waals surface area (Å²) in [6.45, 7) is 2.16. The zero-order valence-electron chi connectivity index (χ0n) is 12.1. The molecule has 0 radical (unpaired) electrons. The molecular weight excluding hydrogens is 260 g/mol. The Bertz CT molecular complexity index is 768. The molecule has 21 heavy (non-hydrogen) atoms. The van der Waals surface area contributed by atoms with Crippen molar-refractivity contribution in [2.45, 2.75) is 32.6 Å². The van der Waals surface area contributed by atoms with Crippen LogP contribution in [0, 0.1) is 6.92 Å². The van der Waals surface area contributed by atoms with Crippen LogP contribution in [0.25, 0.3) is 11.6 Å². The van der Waals surface area contributed by atoms with Crippen LogP contribution in [0.4, 0.5) is 5.69 Å². The third-order valence-corrected chi connectivity index (χ3v) is 4.61. The van der Waals surface area contributed by atoms with Gasteiger partial charge in [-0.15, -0.1) is 0 Å². The van der Waals surface area contributed by atoms with Crippen LogP contribution < -0.4 is 5.32 Å². The van der Waals surface area contributed by atoms with Crippen LogP contribution in [0.2, 0.25) is 0 Å². The second kappa shape index (κ2) is 4.62. The number of hydrogen-bond acceptors (Lipinski definition) is 1. The number of para-hydroxylation sites is 1. The van der Waals surface area contributed by atoms with E-state index in [1.165, 1.54) is 29.7 Å². The van der Waals surface area contributed by atoms with Gasteiger partial charge < -0.3 is 10.3 Å². The van der Waals surface area contributed by atoms with E-state index in [-0.39, 0.29) is 5.91 Å². The van der Waals surface area contributed by atoms with Gasteiger partial charge in [-0.3, -0.25) is 4.79 Å². The maximum atomic E-state index is 12.2. The van der Waals surface area contributed by atoms with Gasteiger partial charge in [0.15, 0.2) is 0 Å². The van der Waals surface area contributed by atoms with Crippen molar-refractivity contribution in [3.05, 3.63) is 52.3 Å². The zero-order valence-corrected chi connectivity index (χ0v) is 12.1. The van der Waals surface area contributed by atoms with Crippen LogP contribution in [-0.2, 0) is 17.6 Å². The highest BCUT2D eigenvalue weighted by Crippen LogP contribution is 2.34. The molecule has 0 saturated carbocycles. The molecule has 0 spiro atoms. The number of aromatic nitrogens is 1. The summed E-state index contributed by atoms with van der Waals surface area (Å²) >= 11 is 0. The predicted molar refractivity (Wildman–Crippen MR) is 85.1 cm³/mol. The third-order valence-electron chi connectivity index (χ3n) is 4.61. The third kappa shape index (κ3) is 1.92. The Kier molecular flexibility index (Phi) is 2.74. The lowest BCUT2D eigenvalue weighted by molar-refractivity contribution is -0.110. The van der Waals surface area contributed by atoms with Gasteiger partial charge in [-0.2, -0.15) is 0 Å². The van der Waals surface area contributed by atoms with Crippen LogP contribution in [0.5, 0.6) is 0 Å². The molecule has 2 aliphatic rings. The normalized spacial score (nSPS) is 18.5. The summed E-state index contributed by atoms with van der Waals surface area (Å²) in [5, 5.41) is 2.93. The second-order valence-electron chi connectivity index (χ2n) is 5.89. The number of anilines is 1. The van der Waals surface area contributed by atoms with Gasteiger partial charge in [0.2, 0.25) is 0 Å². The topological polar surface area (TPSA) is 44.9 Å². The number of rotatable bonds is 1. The lowest BCUT2D eigenvalue weighted by Crippen LogP contribution is -2.03. The molecule has 2 N–H and O–H groups in total. The predicted octanol–water partition coefficient (Wildman–Crippen LogP) is 3.69. The highest BCUT2D eigenvalue weighted by molar-refractivity contribution is 6.34. The molecule has 4 rings (SSSR count). The van der Waals surface area contributed by atoms with Crippen LogP contribution in [0.3, 0.4) is 0 Å². The number of aryl methyl sites for hydroxylation is 1. The number of nitrogens with one attached hydrogen (secondary N) is 2. The smallest absolute Gasteiger partial charge is 0.256 e. The molecule has 0 unspecified atom stereocenters. The van der Waals surface area contributed by atoms with E-state index in [4.69, 9.17) is 0 Å². The molecule has 1 amide bonds. The van der Waals surface area contributed by atoms with Gasteiger partial charge in [-0.05, 0) is 55.9 Å². The fraction of sp³-hybridized carbons (Fsp3) is 0.278. The minimum atomic E-state index is -0.0110. The number of aromatic amines is 1. The number of fused-ring (bicyclic) bond motifs is 2. The molecule has 0 fully saturated rings. The van der Waals surface area contributed by atoms with E-state index in [1.807, 2.05) is 30.3 Å². The average Bonchev–Trinajstić information content (AvgIpc) is 2.99. The van der Waals surface area contributed by atoms with Crippen molar-refractivity contribution in [3.63, 3.8) is 0 Å². The summed E-state index contributed by atoms with van der Waals surface area (Å²) in [4.78, 5) is 15.7. The number of hydrogen-bond donors (Lipinski definition) is 2. The number of carbonyl (C=O) groups is 1. The van der Waals surface area contributed by atoms with E-state index in [0.717, 1.165) is 35.4 Å². The Morgan fingerprint density at radius 1 is 1.14 bits per heavy atom. The molecule has 2 aromatic rings. The summed E-state index contributed by atoms with van der Waals surface area (Å²) in [6, 6.07) is 7.86. The highest BCUT2D eigenvalue weighted by atomic mass is 16.2. The standard InChI is InChI=1S/C18H18N2O/c1-11-12-6-2-4-8-15(12)19-17(11)10-14-13-7-3-5-9-16(13)20-18(14)21/h3,5,7,9-10,19H,2,4,6,8H2,1H3,(H,20,21). The van der Waals surface area contributed by atoms with Crippen LogP contribution in [0.15, 0.2) is 24.3 Å². The Morgan fingerprint density at radius 3 is 2.81 bits per heavy atom. The van der Waals surface area contributed by atoms with Gasteiger partial charge in [0, 0.05) is 22.6 Å². The average molecular weight is 278 g/mol. The Morgan fingerprint density at radius 2 is 1.95 bits per heavy atom. The van der Waals surface area contributed by atoms with Gasteiger partial charge in [-0.25, -0.2) is 0 Å². The van der Waals surface area contributed by atoms with Crippen molar-refractivity contribution in [3.8, 4) is 0 Å². The SMILES string of the molecule is Cc1c(C=C2C(=O)Nc3ccccc32)[nH]c2c1CCCC2. The second-order valence-corrected chi connectivity index (χ2v) is 5.89. The molecule has 2 heterocycles. The van der Waals surface area contributed by atoms with Crippen molar-refractivity contribution in [1.29, 1.82) is 0 Å². The number of amides is 1. The van der Waals surface area contributed by atoms with E-state index >= 15 is 0 Å². The molecule has 3 nitrogen and oxygen atoms in total. The summed E-state index contributed by atoms with van der Waals surface area (Å²) < 4.78 is 0. The molecule has 106 valence electrons. The first-order valence-electron chi connectivity index (χ1n) is 7.57. The minimum absolute atomic E-state index is 0.0110. The summed E-state index contributed by atoms with van der Waals surface area (Å²) in [6.07, 6.45) is 6.82. The molecule has 0 atom stereocenters. The van der Waals surface area contributed by atoms with E-state index in [1.54, 1.807) is 0 Å². The van der Waals surface area contributed by atoms with E-state index in [0.29, 0.717) is 0 Å². The number of benzene rings is 1. The van der Waals surface area contributed by atoms with Crippen molar-refractivity contribution in [2.75, 3.05) is 5.32 Å².